The van der Waals surface area contributed by atoms with Crippen molar-refractivity contribution in [1.29, 1.82) is 0 Å². The lowest BCUT2D eigenvalue weighted by Gasteiger charge is -2.13. The van der Waals surface area contributed by atoms with Crippen LogP contribution in [0.15, 0.2) is 22.8 Å². The van der Waals surface area contributed by atoms with Gasteiger partial charge in [0, 0.05) is 24.4 Å². The second kappa shape index (κ2) is 3.40. The second-order valence-corrected chi connectivity index (χ2v) is 3.98. The topological polar surface area (TPSA) is 30.2 Å². The van der Waals surface area contributed by atoms with Gasteiger partial charge in [-0.05, 0) is 11.5 Å². The molecule has 1 aromatic rings. The minimum absolute atomic E-state index is 0.400. The fourth-order valence-electron chi connectivity index (χ4n) is 1.72. The first kappa shape index (κ1) is 9.19. The molecule has 0 aliphatic carbocycles. The Hall–Kier alpha value is -1.38. The first-order valence-corrected chi connectivity index (χ1v) is 4.98. The van der Waals surface area contributed by atoms with Gasteiger partial charge in [-0.3, -0.25) is 0 Å². The predicted molar refractivity (Wildman–Crippen MR) is 58.7 cm³/mol. The molecule has 0 fully saturated rings. The largest absolute Gasteiger partial charge is 0.241 e. The Balaban J connectivity index is 2.48. The summed E-state index contributed by atoms with van der Waals surface area (Å²) in [5.74, 6) is 1.84. The van der Waals surface area contributed by atoms with Crippen LogP contribution in [0, 0.1) is 11.8 Å². The number of rotatable bonds is 1. The van der Waals surface area contributed by atoms with Crippen LogP contribution in [-0.4, -0.2) is 16.0 Å². The summed E-state index contributed by atoms with van der Waals surface area (Å²) in [7, 11) is 0. The number of hydrogen-bond donors (Lipinski definition) is 0. The molecular formula is C11H15N3. The van der Waals surface area contributed by atoms with Gasteiger partial charge < -0.3 is 0 Å². The Morgan fingerprint density at radius 1 is 1.43 bits per heavy atom. The van der Waals surface area contributed by atoms with Crippen molar-refractivity contribution in [2.45, 2.75) is 20.8 Å². The van der Waals surface area contributed by atoms with Crippen LogP contribution in [0.4, 0.5) is 5.82 Å². The second-order valence-electron chi connectivity index (χ2n) is 3.98. The van der Waals surface area contributed by atoms with Crippen LogP contribution in [0.3, 0.4) is 0 Å². The minimum atomic E-state index is 0.400. The van der Waals surface area contributed by atoms with Gasteiger partial charge in [-0.15, -0.1) is 0 Å². The maximum atomic E-state index is 4.38. The van der Waals surface area contributed by atoms with E-state index in [0.717, 1.165) is 5.82 Å². The zero-order valence-corrected chi connectivity index (χ0v) is 8.81. The maximum Gasteiger partial charge on any atom is 0.154 e. The van der Waals surface area contributed by atoms with Gasteiger partial charge in [-0.1, -0.05) is 20.8 Å². The lowest BCUT2D eigenvalue weighted by molar-refractivity contribution is 0.691. The first-order chi connectivity index (χ1) is 6.68. The summed E-state index contributed by atoms with van der Waals surface area (Å²) in [6, 6.07) is 1.92. The highest BCUT2D eigenvalue weighted by atomic mass is 15.3. The van der Waals surface area contributed by atoms with Crippen molar-refractivity contribution in [3.05, 3.63) is 17.8 Å². The van der Waals surface area contributed by atoms with Crippen molar-refractivity contribution in [3.8, 4) is 0 Å². The van der Waals surface area contributed by atoms with E-state index in [-0.39, 0.29) is 0 Å². The number of aliphatic imine (C=N–C) groups is 1. The lowest BCUT2D eigenvalue weighted by atomic mass is 9.93. The van der Waals surface area contributed by atoms with Crippen molar-refractivity contribution in [2.75, 3.05) is 0 Å². The highest BCUT2D eigenvalue weighted by molar-refractivity contribution is 5.71. The Bertz CT molecular complexity index is 385. The highest BCUT2D eigenvalue weighted by Crippen LogP contribution is 2.25. The predicted octanol–water partition coefficient (Wildman–Crippen LogP) is 2.73. The van der Waals surface area contributed by atoms with Gasteiger partial charge in [-0.25, -0.2) is 9.67 Å². The molecule has 14 heavy (non-hydrogen) atoms. The van der Waals surface area contributed by atoms with Crippen molar-refractivity contribution in [1.82, 2.24) is 9.78 Å². The average Bonchev–Trinajstić information content (AvgIpc) is 2.51. The molecule has 0 radical (unpaired) electrons. The van der Waals surface area contributed by atoms with Gasteiger partial charge >= 0.3 is 0 Å². The summed E-state index contributed by atoms with van der Waals surface area (Å²) in [6.45, 7) is 6.57. The molecular weight excluding hydrogens is 174 g/mol. The molecule has 2 rings (SSSR count). The van der Waals surface area contributed by atoms with Gasteiger partial charge in [0.05, 0.1) is 6.20 Å². The van der Waals surface area contributed by atoms with E-state index < -0.39 is 0 Å². The molecule has 1 aliphatic rings. The van der Waals surface area contributed by atoms with Gasteiger partial charge in [0.25, 0.3) is 0 Å². The summed E-state index contributed by atoms with van der Waals surface area (Å²) in [4.78, 5) is 4.38. The molecule has 1 unspecified atom stereocenters. The van der Waals surface area contributed by atoms with Crippen molar-refractivity contribution >= 4 is 18.2 Å². The molecule has 0 amide bonds. The van der Waals surface area contributed by atoms with E-state index in [1.807, 2.05) is 17.0 Å². The molecule has 3 nitrogen and oxygen atoms in total. The average molecular weight is 189 g/mol. The molecule has 0 saturated carbocycles. The summed E-state index contributed by atoms with van der Waals surface area (Å²) in [5.41, 5.74) is 1.37. The molecule has 0 aromatic carbocycles. The highest BCUT2D eigenvalue weighted by Gasteiger charge is 2.14. The third kappa shape index (κ3) is 1.50. The number of allylic oxidation sites excluding steroid dienone is 1. The molecule has 0 N–H and O–H groups in total. The SMILES string of the molecule is CC(C)C1=Cn2nccc2N=CC1C. The summed E-state index contributed by atoms with van der Waals surface area (Å²) in [6.07, 6.45) is 5.86. The Labute approximate surface area is 84.2 Å². The Morgan fingerprint density at radius 2 is 2.21 bits per heavy atom. The molecule has 1 aromatic heterocycles. The van der Waals surface area contributed by atoms with E-state index in [1.165, 1.54) is 5.57 Å². The van der Waals surface area contributed by atoms with Crippen molar-refractivity contribution in [2.24, 2.45) is 16.8 Å². The Morgan fingerprint density at radius 3 is 2.93 bits per heavy atom. The quantitative estimate of drug-likeness (QED) is 0.668. The smallest absolute Gasteiger partial charge is 0.154 e. The zero-order valence-electron chi connectivity index (χ0n) is 8.81. The molecule has 74 valence electrons. The van der Waals surface area contributed by atoms with Crippen LogP contribution in [-0.2, 0) is 0 Å². The van der Waals surface area contributed by atoms with Gasteiger partial charge in [0.2, 0.25) is 0 Å². The number of hydrogen-bond acceptors (Lipinski definition) is 2. The van der Waals surface area contributed by atoms with E-state index in [2.05, 4.69) is 37.1 Å². The lowest BCUT2D eigenvalue weighted by Crippen LogP contribution is -2.06. The Kier molecular flexibility index (Phi) is 2.23. The number of aromatic nitrogens is 2. The van der Waals surface area contributed by atoms with E-state index in [9.17, 15) is 0 Å². The summed E-state index contributed by atoms with van der Waals surface area (Å²) in [5, 5.41) is 4.21. The molecule has 1 atom stereocenters. The molecule has 0 saturated heterocycles. The minimum Gasteiger partial charge on any atom is -0.241 e. The third-order valence-electron chi connectivity index (χ3n) is 2.54. The number of fused-ring (bicyclic) bond motifs is 1. The molecule has 0 spiro atoms. The maximum absolute atomic E-state index is 4.38. The van der Waals surface area contributed by atoms with Crippen LogP contribution < -0.4 is 0 Å². The first-order valence-electron chi connectivity index (χ1n) is 4.98. The van der Waals surface area contributed by atoms with Gasteiger partial charge in [0.15, 0.2) is 5.82 Å². The van der Waals surface area contributed by atoms with Crippen LogP contribution in [0.5, 0.6) is 0 Å². The van der Waals surface area contributed by atoms with E-state index in [4.69, 9.17) is 0 Å². The van der Waals surface area contributed by atoms with Crippen molar-refractivity contribution in [3.63, 3.8) is 0 Å². The monoisotopic (exact) mass is 189 g/mol. The fourth-order valence-corrected chi connectivity index (χ4v) is 1.72. The third-order valence-corrected chi connectivity index (χ3v) is 2.54. The fraction of sp³-hybridized carbons (Fsp3) is 0.455. The molecule has 3 heteroatoms. The van der Waals surface area contributed by atoms with Crippen LogP contribution in [0.2, 0.25) is 0 Å². The van der Waals surface area contributed by atoms with Crippen LogP contribution in [0.1, 0.15) is 20.8 Å². The normalized spacial score (nSPS) is 20.6. The number of nitrogens with zero attached hydrogens (tertiary/aromatic N) is 3. The molecule has 1 aliphatic heterocycles. The standard InChI is InChI=1S/C11H15N3/c1-8(2)10-7-14-11(4-5-13-14)12-6-9(10)3/h4-9H,1-3H3. The summed E-state index contributed by atoms with van der Waals surface area (Å²) < 4.78 is 1.84. The van der Waals surface area contributed by atoms with Crippen LogP contribution in [0.25, 0.3) is 6.20 Å². The molecule has 0 bridgehead atoms. The van der Waals surface area contributed by atoms with Gasteiger partial charge in [-0.2, -0.15) is 5.10 Å². The van der Waals surface area contributed by atoms with Gasteiger partial charge in [0.1, 0.15) is 0 Å². The van der Waals surface area contributed by atoms with E-state index in [1.54, 1.807) is 6.20 Å². The van der Waals surface area contributed by atoms with Crippen molar-refractivity contribution < 1.29 is 0 Å². The van der Waals surface area contributed by atoms with E-state index in [0.29, 0.717) is 11.8 Å². The van der Waals surface area contributed by atoms with Crippen LogP contribution >= 0.6 is 0 Å². The zero-order chi connectivity index (χ0) is 10.1. The summed E-state index contributed by atoms with van der Waals surface area (Å²) >= 11 is 0. The van der Waals surface area contributed by atoms with E-state index >= 15 is 0 Å². The molecule has 2 heterocycles.